The highest BCUT2D eigenvalue weighted by Crippen LogP contribution is 2.09. The highest BCUT2D eigenvalue weighted by Gasteiger charge is 2.17. The normalized spacial score (nSPS) is 16.2. The first-order chi connectivity index (χ1) is 8.25. The average molecular weight is 234 g/mol. The number of anilines is 1. The van der Waals surface area contributed by atoms with Crippen LogP contribution in [0, 0.1) is 0 Å². The number of aryl methyl sites for hydroxylation is 1. The molecule has 1 aliphatic heterocycles. The van der Waals surface area contributed by atoms with Gasteiger partial charge in [-0.2, -0.15) is 0 Å². The molecule has 1 fully saturated rings. The lowest BCUT2D eigenvalue weighted by molar-refractivity contribution is -0.142. The maximum Gasteiger partial charge on any atom is 0.248 e. The Hall–Kier alpha value is -1.55. The van der Waals surface area contributed by atoms with Gasteiger partial charge in [-0.3, -0.25) is 4.79 Å². The van der Waals surface area contributed by atoms with Gasteiger partial charge in [0.2, 0.25) is 5.91 Å². The third-order valence-corrected chi connectivity index (χ3v) is 2.93. The first-order valence-corrected chi connectivity index (χ1v) is 5.95. The van der Waals surface area contributed by atoms with E-state index in [-0.39, 0.29) is 12.5 Å². The summed E-state index contributed by atoms with van der Waals surface area (Å²) in [6, 6.07) is 7.90. The molecular formula is C13H18N2O2. The van der Waals surface area contributed by atoms with Gasteiger partial charge in [0.15, 0.2) is 0 Å². The lowest BCUT2D eigenvalue weighted by Crippen LogP contribution is -2.42. The Balaban J connectivity index is 1.77. The van der Waals surface area contributed by atoms with E-state index >= 15 is 0 Å². The number of benzene rings is 1. The molecule has 0 spiro atoms. The smallest absolute Gasteiger partial charge is 0.248 e. The predicted molar refractivity (Wildman–Crippen MR) is 66.6 cm³/mol. The van der Waals surface area contributed by atoms with Crippen LogP contribution in [-0.4, -0.2) is 37.1 Å². The second kappa shape index (κ2) is 5.68. The van der Waals surface area contributed by atoms with Crippen LogP contribution in [0.5, 0.6) is 0 Å². The minimum Gasteiger partial charge on any atom is -0.399 e. The minimum absolute atomic E-state index is 0.101. The lowest BCUT2D eigenvalue weighted by atomic mass is 10.1. The van der Waals surface area contributed by atoms with Crippen molar-refractivity contribution in [3.63, 3.8) is 0 Å². The molecule has 0 bridgehead atoms. The number of hydrogen-bond donors (Lipinski definition) is 1. The minimum atomic E-state index is 0.101. The maximum absolute atomic E-state index is 11.5. The fourth-order valence-corrected chi connectivity index (χ4v) is 2.01. The van der Waals surface area contributed by atoms with Crippen LogP contribution in [0.15, 0.2) is 24.3 Å². The number of nitrogens with zero attached hydrogens (tertiary/aromatic N) is 1. The summed E-state index contributed by atoms with van der Waals surface area (Å²) in [6.07, 6.45) is 1.92. The van der Waals surface area contributed by atoms with E-state index in [1.165, 1.54) is 5.56 Å². The molecule has 4 nitrogen and oxygen atoms in total. The second-order valence-electron chi connectivity index (χ2n) is 4.28. The summed E-state index contributed by atoms with van der Waals surface area (Å²) in [5, 5.41) is 0. The average Bonchev–Trinajstić information content (AvgIpc) is 2.32. The maximum atomic E-state index is 11.5. The van der Waals surface area contributed by atoms with Crippen LogP contribution in [0.2, 0.25) is 0 Å². The van der Waals surface area contributed by atoms with E-state index in [4.69, 9.17) is 10.5 Å². The molecule has 1 heterocycles. The molecule has 2 N–H and O–H groups in total. The van der Waals surface area contributed by atoms with E-state index in [9.17, 15) is 4.79 Å². The Labute approximate surface area is 101 Å². The molecule has 17 heavy (non-hydrogen) atoms. The molecule has 1 aromatic rings. The molecule has 92 valence electrons. The largest absolute Gasteiger partial charge is 0.399 e. The van der Waals surface area contributed by atoms with E-state index in [1.807, 2.05) is 23.1 Å². The van der Waals surface area contributed by atoms with Crippen molar-refractivity contribution in [2.45, 2.75) is 12.8 Å². The Bertz CT molecular complexity index is 393. The van der Waals surface area contributed by atoms with Crippen LogP contribution < -0.4 is 5.73 Å². The van der Waals surface area contributed by atoms with Gasteiger partial charge in [-0.15, -0.1) is 0 Å². The van der Waals surface area contributed by atoms with Gasteiger partial charge in [-0.05, 0) is 30.5 Å². The quantitative estimate of drug-likeness (QED) is 0.793. The van der Waals surface area contributed by atoms with Crippen LogP contribution in [-0.2, 0) is 16.0 Å². The molecule has 0 atom stereocenters. The van der Waals surface area contributed by atoms with Crippen LogP contribution in [0.4, 0.5) is 5.69 Å². The van der Waals surface area contributed by atoms with E-state index in [2.05, 4.69) is 6.07 Å². The summed E-state index contributed by atoms with van der Waals surface area (Å²) >= 11 is 0. The molecule has 0 radical (unpaired) electrons. The third-order valence-electron chi connectivity index (χ3n) is 2.93. The fourth-order valence-electron chi connectivity index (χ4n) is 2.01. The van der Waals surface area contributed by atoms with Crippen molar-refractivity contribution in [1.29, 1.82) is 0 Å². The third kappa shape index (κ3) is 3.46. The molecule has 0 aromatic heterocycles. The summed E-state index contributed by atoms with van der Waals surface area (Å²) in [5.74, 6) is 0.101. The van der Waals surface area contributed by atoms with Gasteiger partial charge in [0, 0.05) is 18.8 Å². The molecule has 4 heteroatoms. The number of ether oxygens (including phenoxy) is 1. The number of nitrogens with two attached hydrogens (primary N) is 1. The van der Waals surface area contributed by atoms with Crippen molar-refractivity contribution in [3.05, 3.63) is 29.8 Å². The molecular weight excluding hydrogens is 216 g/mol. The lowest BCUT2D eigenvalue weighted by Gasteiger charge is -2.26. The van der Waals surface area contributed by atoms with Crippen molar-refractivity contribution >= 4 is 11.6 Å². The van der Waals surface area contributed by atoms with Gasteiger partial charge in [-0.25, -0.2) is 0 Å². The predicted octanol–water partition coefficient (Wildman–Crippen LogP) is 1.06. The van der Waals surface area contributed by atoms with Crippen molar-refractivity contribution < 1.29 is 9.53 Å². The highest BCUT2D eigenvalue weighted by molar-refractivity contribution is 5.77. The van der Waals surface area contributed by atoms with Gasteiger partial charge in [0.25, 0.3) is 0 Å². The molecule has 2 rings (SSSR count). The van der Waals surface area contributed by atoms with Gasteiger partial charge in [0.1, 0.15) is 6.61 Å². The molecule has 0 saturated carbocycles. The fraction of sp³-hybridized carbons (Fsp3) is 0.462. The Kier molecular flexibility index (Phi) is 3.98. The van der Waals surface area contributed by atoms with Crippen molar-refractivity contribution in [1.82, 2.24) is 4.90 Å². The van der Waals surface area contributed by atoms with Crippen LogP contribution in [0.25, 0.3) is 0 Å². The molecule has 0 aliphatic carbocycles. The number of morpholine rings is 1. The molecule has 0 unspecified atom stereocenters. The van der Waals surface area contributed by atoms with E-state index in [1.54, 1.807) is 0 Å². The van der Waals surface area contributed by atoms with Crippen LogP contribution >= 0.6 is 0 Å². The zero-order valence-electron chi connectivity index (χ0n) is 9.89. The first-order valence-electron chi connectivity index (χ1n) is 5.95. The molecule has 1 aromatic carbocycles. The SMILES string of the molecule is Nc1cccc(CCCN2CCOCC2=O)c1. The number of amides is 1. The number of nitrogen functional groups attached to an aromatic ring is 1. The number of hydrogen-bond acceptors (Lipinski definition) is 3. The topological polar surface area (TPSA) is 55.6 Å². The van der Waals surface area contributed by atoms with Gasteiger partial charge < -0.3 is 15.4 Å². The van der Waals surface area contributed by atoms with Gasteiger partial charge in [-0.1, -0.05) is 12.1 Å². The van der Waals surface area contributed by atoms with Crippen LogP contribution in [0.1, 0.15) is 12.0 Å². The Morgan fingerprint density at radius 1 is 1.41 bits per heavy atom. The van der Waals surface area contributed by atoms with Crippen molar-refractivity contribution in [2.75, 3.05) is 32.0 Å². The number of rotatable bonds is 4. The van der Waals surface area contributed by atoms with Crippen LogP contribution in [0.3, 0.4) is 0 Å². The summed E-state index contributed by atoms with van der Waals surface area (Å²) in [5.41, 5.74) is 7.74. The Morgan fingerprint density at radius 2 is 2.29 bits per heavy atom. The Morgan fingerprint density at radius 3 is 3.06 bits per heavy atom. The zero-order chi connectivity index (χ0) is 12.1. The van der Waals surface area contributed by atoms with Crippen molar-refractivity contribution in [2.24, 2.45) is 0 Å². The summed E-state index contributed by atoms with van der Waals surface area (Å²) < 4.78 is 5.08. The van der Waals surface area contributed by atoms with E-state index in [0.29, 0.717) is 6.61 Å². The summed E-state index contributed by atoms with van der Waals surface area (Å²) in [4.78, 5) is 13.3. The van der Waals surface area contributed by atoms with Gasteiger partial charge in [0.05, 0.1) is 6.61 Å². The molecule has 1 saturated heterocycles. The van der Waals surface area contributed by atoms with Crippen molar-refractivity contribution in [3.8, 4) is 0 Å². The highest BCUT2D eigenvalue weighted by atomic mass is 16.5. The standard InChI is InChI=1S/C13H18N2O2/c14-12-5-1-3-11(9-12)4-2-6-15-7-8-17-10-13(15)16/h1,3,5,9H,2,4,6-8,10,14H2. The first kappa shape index (κ1) is 11.9. The van der Waals surface area contributed by atoms with E-state index < -0.39 is 0 Å². The zero-order valence-corrected chi connectivity index (χ0v) is 9.89. The van der Waals surface area contributed by atoms with E-state index in [0.717, 1.165) is 31.6 Å². The number of carbonyl (C=O) groups excluding carboxylic acids is 1. The molecule has 1 amide bonds. The van der Waals surface area contributed by atoms with Gasteiger partial charge >= 0.3 is 0 Å². The monoisotopic (exact) mass is 234 g/mol. The number of carbonyl (C=O) groups is 1. The summed E-state index contributed by atoms with van der Waals surface area (Å²) in [7, 11) is 0. The molecule has 1 aliphatic rings. The summed E-state index contributed by atoms with van der Waals surface area (Å²) in [6.45, 7) is 2.41. The second-order valence-corrected chi connectivity index (χ2v) is 4.28.